The van der Waals surface area contributed by atoms with E-state index in [-0.39, 0.29) is 41.0 Å². The van der Waals surface area contributed by atoms with Crippen molar-refractivity contribution >= 4 is 15.7 Å². The molecule has 0 bridgehead atoms. The van der Waals surface area contributed by atoms with E-state index in [1.807, 2.05) is 0 Å². The van der Waals surface area contributed by atoms with Crippen molar-refractivity contribution in [3.63, 3.8) is 0 Å². The fourth-order valence-corrected chi connectivity index (χ4v) is 6.78. The van der Waals surface area contributed by atoms with Gasteiger partial charge >= 0.3 is 18.0 Å². The zero-order chi connectivity index (χ0) is 28.9. The first kappa shape index (κ1) is 28.5. The lowest BCUT2D eigenvalue weighted by Gasteiger charge is -2.47. The van der Waals surface area contributed by atoms with Crippen molar-refractivity contribution in [3.8, 4) is 0 Å². The summed E-state index contributed by atoms with van der Waals surface area (Å²) in [7, 11) is -4.44. The summed E-state index contributed by atoms with van der Waals surface area (Å²) in [5, 5.41) is 2.62. The van der Waals surface area contributed by atoms with Gasteiger partial charge in [0.15, 0.2) is 9.84 Å². The Morgan fingerprint density at radius 1 is 0.821 bits per heavy atom. The van der Waals surface area contributed by atoms with E-state index in [2.05, 4.69) is 10.3 Å². The van der Waals surface area contributed by atoms with Crippen molar-refractivity contribution in [1.29, 1.82) is 0 Å². The highest BCUT2D eigenvalue weighted by Gasteiger charge is 2.73. The number of carbonyl (C=O) groups is 1. The molecule has 1 aromatic heterocycles. The number of rotatable bonds is 6. The first-order chi connectivity index (χ1) is 18.0. The van der Waals surface area contributed by atoms with Gasteiger partial charge in [0.2, 0.25) is 0 Å². The molecular formula is C25H18F8N2O3S. The lowest BCUT2D eigenvalue weighted by atomic mass is 9.74. The first-order valence-electron chi connectivity index (χ1n) is 11.2. The Bertz CT molecular complexity index is 1440. The predicted molar refractivity (Wildman–Crippen MR) is 121 cm³/mol. The highest BCUT2D eigenvalue weighted by atomic mass is 32.2. The molecule has 0 atom stereocenters. The van der Waals surface area contributed by atoms with Crippen LogP contribution in [-0.2, 0) is 20.3 Å². The van der Waals surface area contributed by atoms with Gasteiger partial charge in [0.1, 0.15) is 10.6 Å². The molecule has 1 aliphatic rings. The summed E-state index contributed by atoms with van der Waals surface area (Å²) in [5.41, 5.74) is -7.48. The lowest BCUT2D eigenvalue weighted by molar-refractivity contribution is -0.348. The Kier molecular flexibility index (Phi) is 6.99. The van der Waals surface area contributed by atoms with E-state index in [0.29, 0.717) is 12.1 Å². The Morgan fingerprint density at radius 2 is 1.33 bits per heavy atom. The van der Waals surface area contributed by atoms with Crippen molar-refractivity contribution in [2.45, 2.75) is 46.5 Å². The molecule has 1 saturated carbocycles. The van der Waals surface area contributed by atoms with Gasteiger partial charge in [0.05, 0.1) is 4.90 Å². The topological polar surface area (TPSA) is 76.1 Å². The number of halogens is 8. The number of hydrogen-bond acceptors (Lipinski definition) is 4. The molecule has 3 aromatic rings. The minimum absolute atomic E-state index is 0.215. The number of benzene rings is 2. The summed E-state index contributed by atoms with van der Waals surface area (Å²) in [6.45, 7) is 0. The fraction of sp³-hybridized carbons (Fsp3) is 0.280. The van der Waals surface area contributed by atoms with Gasteiger partial charge in [-0.1, -0.05) is 24.3 Å². The summed E-state index contributed by atoms with van der Waals surface area (Å²) < 4.78 is 133. The number of nitrogens with one attached hydrogen (secondary N) is 1. The van der Waals surface area contributed by atoms with Crippen molar-refractivity contribution in [3.05, 3.63) is 95.6 Å². The minimum Gasteiger partial charge on any atom is -0.349 e. The molecule has 5 nitrogen and oxygen atoms in total. The van der Waals surface area contributed by atoms with Crippen LogP contribution in [0.1, 0.15) is 34.3 Å². The third-order valence-electron chi connectivity index (χ3n) is 6.66. The van der Waals surface area contributed by atoms with Crippen LogP contribution in [0.2, 0.25) is 0 Å². The molecule has 0 saturated heterocycles. The van der Waals surface area contributed by atoms with Crippen LogP contribution < -0.4 is 5.32 Å². The van der Waals surface area contributed by atoms with E-state index in [4.69, 9.17) is 0 Å². The number of sulfone groups is 1. The summed E-state index contributed by atoms with van der Waals surface area (Å²) in [6, 6.07) is 7.55. The van der Waals surface area contributed by atoms with Crippen molar-refractivity contribution in [2.75, 3.05) is 0 Å². The maximum atomic E-state index is 14.5. The molecule has 4 rings (SSSR count). The van der Waals surface area contributed by atoms with E-state index in [1.165, 1.54) is 24.5 Å². The number of hydrogen-bond donors (Lipinski definition) is 1. The highest BCUT2D eigenvalue weighted by molar-refractivity contribution is 7.92. The van der Waals surface area contributed by atoms with Crippen LogP contribution in [0.5, 0.6) is 0 Å². The van der Waals surface area contributed by atoms with Gasteiger partial charge in [-0.2, -0.15) is 26.3 Å². The zero-order valence-electron chi connectivity index (χ0n) is 19.5. The number of nitrogens with zero attached hydrogens (tertiary/aromatic N) is 1. The van der Waals surface area contributed by atoms with E-state index in [0.717, 1.165) is 24.3 Å². The van der Waals surface area contributed by atoms with Crippen molar-refractivity contribution < 1.29 is 48.3 Å². The normalized spacial score (nSPS) is 20.3. The van der Waals surface area contributed by atoms with Crippen molar-refractivity contribution in [2.24, 2.45) is 0 Å². The summed E-state index contributed by atoms with van der Waals surface area (Å²) in [4.78, 5) is 15.9. The maximum absolute atomic E-state index is 14.5. The molecule has 0 spiro atoms. The van der Waals surface area contributed by atoms with E-state index >= 15 is 0 Å². The second kappa shape index (κ2) is 9.57. The van der Waals surface area contributed by atoms with Crippen LogP contribution in [-0.4, -0.2) is 37.7 Å². The quantitative estimate of drug-likeness (QED) is 0.298. The average Bonchev–Trinajstić information content (AvgIpc) is 2.84. The molecule has 1 amide bonds. The molecule has 1 N–H and O–H groups in total. The van der Waals surface area contributed by atoms with Gasteiger partial charge < -0.3 is 5.32 Å². The number of amides is 1. The number of pyridine rings is 1. The van der Waals surface area contributed by atoms with Gasteiger partial charge in [0, 0.05) is 29.6 Å². The molecular weight excluding hydrogens is 560 g/mol. The highest BCUT2D eigenvalue weighted by Crippen LogP contribution is 2.55. The third-order valence-corrected chi connectivity index (χ3v) is 9.15. The molecule has 2 aromatic carbocycles. The van der Waals surface area contributed by atoms with Crippen LogP contribution in [0.4, 0.5) is 35.1 Å². The second-order valence-electron chi connectivity index (χ2n) is 9.00. The van der Waals surface area contributed by atoms with Gasteiger partial charge in [-0.15, -0.1) is 0 Å². The fourth-order valence-electron chi connectivity index (χ4n) is 4.55. The van der Waals surface area contributed by atoms with Crippen LogP contribution in [0.3, 0.4) is 0 Å². The number of aromatic nitrogens is 1. The first-order valence-corrected chi connectivity index (χ1v) is 12.7. The summed E-state index contributed by atoms with van der Waals surface area (Å²) in [6.07, 6.45) is -10.6. The van der Waals surface area contributed by atoms with E-state index < -0.39 is 55.9 Å². The van der Waals surface area contributed by atoms with Gasteiger partial charge in [-0.25, -0.2) is 17.2 Å². The molecule has 14 heteroatoms. The van der Waals surface area contributed by atoms with Crippen LogP contribution in [0.25, 0.3) is 0 Å². The average molecular weight is 578 g/mol. The zero-order valence-corrected chi connectivity index (χ0v) is 20.3. The van der Waals surface area contributed by atoms with Crippen LogP contribution in [0.15, 0.2) is 78.0 Å². The Morgan fingerprint density at radius 3 is 1.82 bits per heavy atom. The summed E-state index contributed by atoms with van der Waals surface area (Å²) >= 11 is 0. The van der Waals surface area contributed by atoms with E-state index in [1.54, 1.807) is 0 Å². The minimum atomic E-state index is -6.34. The third kappa shape index (κ3) is 4.74. The van der Waals surface area contributed by atoms with Crippen LogP contribution >= 0.6 is 0 Å². The smallest absolute Gasteiger partial charge is 0.349 e. The Balaban J connectivity index is 1.73. The molecule has 39 heavy (non-hydrogen) atoms. The predicted octanol–water partition coefficient (Wildman–Crippen LogP) is 5.77. The van der Waals surface area contributed by atoms with Gasteiger partial charge in [-0.05, 0) is 54.8 Å². The molecule has 0 aliphatic heterocycles. The van der Waals surface area contributed by atoms with Crippen molar-refractivity contribution in [1.82, 2.24) is 10.3 Å². The molecule has 0 radical (unpaired) electrons. The largest absolute Gasteiger partial charge is 0.435 e. The van der Waals surface area contributed by atoms with Gasteiger partial charge in [0.25, 0.3) is 5.91 Å². The molecule has 1 aliphatic carbocycles. The number of carbonyl (C=O) groups excluding carboxylic acids is 1. The monoisotopic (exact) mass is 578 g/mol. The van der Waals surface area contributed by atoms with Crippen LogP contribution in [0, 0.1) is 5.82 Å². The number of alkyl halides is 7. The lowest BCUT2D eigenvalue weighted by Crippen LogP contribution is -2.57. The standard InChI is InChI=1S/C25H18F8N2O3S/c26-18-5-7-20(8-6-18)39(37,38)22(13-19(14-22)35-21(36)15-9-11-34-12-10-15)16-1-3-17(4-2-16)23(27,24(28,29)30)25(31,32)33/h1-12,19H,13-14H2,(H,35,36). The van der Waals surface area contributed by atoms with Gasteiger partial charge in [-0.3, -0.25) is 9.78 Å². The summed E-state index contributed by atoms with van der Waals surface area (Å²) in [5.74, 6) is -1.31. The Labute approximate surface area is 216 Å². The Hall–Kier alpha value is -3.55. The molecule has 1 fully saturated rings. The second-order valence-corrected chi connectivity index (χ2v) is 11.3. The van der Waals surface area contributed by atoms with E-state index in [9.17, 15) is 48.3 Å². The molecule has 0 unspecified atom stereocenters. The SMILES string of the molecule is O=C(NC1CC(c2ccc(C(F)(C(F)(F)F)C(F)(F)F)cc2)(S(=O)(=O)c2ccc(F)cc2)C1)c1ccncc1. The molecule has 208 valence electrons. The maximum Gasteiger partial charge on any atom is 0.435 e. The molecule has 1 heterocycles.